The molecule has 0 spiro atoms. The number of para-hydroxylation sites is 1. The molecule has 0 heterocycles. The Bertz CT molecular complexity index is 530. The highest BCUT2D eigenvalue weighted by Gasteiger charge is 2.15. The van der Waals surface area contributed by atoms with Crippen molar-refractivity contribution in [3.05, 3.63) is 24.3 Å². The zero-order valence-electron chi connectivity index (χ0n) is 13.0. The third-order valence-corrected chi connectivity index (χ3v) is 5.94. The maximum Gasteiger partial charge on any atom is 0.212 e. The molecule has 21 heavy (non-hydrogen) atoms. The molecule has 3 N–H and O–H groups in total. The number of nitrogens with one attached hydrogen (secondary N) is 1. The van der Waals surface area contributed by atoms with E-state index in [0.717, 1.165) is 17.7 Å². The highest BCUT2D eigenvalue weighted by atomic mass is 32.2. The van der Waals surface area contributed by atoms with Gasteiger partial charge >= 0.3 is 0 Å². The lowest BCUT2D eigenvalue weighted by Crippen LogP contribution is -2.35. The SMILES string of the molecule is CC(C)CCC(C)NS(=O)(=O)CCSc1ccccc1N. The largest absolute Gasteiger partial charge is 0.398 e. The molecule has 0 amide bonds. The quantitative estimate of drug-likeness (QED) is 0.539. The van der Waals surface area contributed by atoms with E-state index in [2.05, 4.69) is 18.6 Å². The van der Waals surface area contributed by atoms with Crippen LogP contribution in [0, 0.1) is 5.92 Å². The van der Waals surface area contributed by atoms with E-state index in [1.807, 2.05) is 31.2 Å². The molecule has 0 radical (unpaired) electrons. The van der Waals surface area contributed by atoms with Crippen molar-refractivity contribution in [1.29, 1.82) is 0 Å². The number of hydrogen-bond acceptors (Lipinski definition) is 4. The summed E-state index contributed by atoms with van der Waals surface area (Å²) in [7, 11) is -3.22. The second kappa shape index (κ2) is 8.66. The van der Waals surface area contributed by atoms with E-state index in [-0.39, 0.29) is 11.8 Å². The van der Waals surface area contributed by atoms with Crippen molar-refractivity contribution in [2.75, 3.05) is 17.2 Å². The minimum Gasteiger partial charge on any atom is -0.398 e. The molecule has 1 rings (SSSR count). The van der Waals surface area contributed by atoms with E-state index >= 15 is 0 Å². The number of nitrogen functional groups attached to an aromatic ring is 1. The molecule has 120 valence electrons. The number of anilines is 1. The molecule has 0 aromatic heterocycles. The first-order chi connectivity index (χ1) is 9.80. The van der Waals surface area contributed by atoms with Gasteiger partial charge in [0.15, 0.2) is 0 Å². The van der Waals surface area contributed by atoms with Crippen LogP contribution in [0.1, 0.15) is 33.6 Å². The molecule has 4 nitrogen and oxygen atoms in total. The Hall–Kier alpha value is -0.720. The van der Waals surface area contributed by atoms with Gasteiger partial charge in [0, 0.05) is 22.4 Å². The first kappa shape index (κ1) is 18.3. The van der Waals surface area contributed by atoms with Crippen molar-refractivity contribution in [1.82, 2.24) is 4.72 Å². The molecule has 1 aromatic rings. The molecule has 0 aliphatic carbocycles. The van der Waals surface area contributed by atoms with E-state index in [4.69, 9.17) is 5.73 Å². The maximum atomic E-state index is 12.0. The van der Waals surface area contributed by atoms with Gasteiger partial charge in [-0.05, 0) is 37.8 Å². The van der Waals surface area contributed by atoms with Crippen LogP contribution < -0.4 is 10.5 Å². The number of hydrogen-bond donors (Lipinski definition) is 2. The highest BCUT2D eigenvalue weighted by Crippen LogP contribution is 2.24. The fraction of sp³-hybridized carbons (Fsp3) is 0.600. The predicted molar refractivity (Wildman–Crippen MR) is 92.0 cm³/mol. The Labute approximate surface area is 132 Å². The van der Waals surface area contributed by atoms with Crippen LogP contribution >= 0.6 is 11.8 Å². The van der Waals surface area contributed by atoms with Gasteiger partial charge in [-0.25, -0.2) is 13.1 Å². The van der Waals surface area contributed by atoms with Gasteiger partial charge in [0.2, 0.25) is 10.0 Å². The molecule has 0 saturated carbocycles. The standard InChI is InChI=1S/C15H26N2O2S2/c1-12(2)8-9-13(3)17-21(18,19)11-10-20-15-7-5-4-6-14(15)16/h4-7,12-13,17H,8-11,16H2,1-3H3. The first-order valence-corrected chi connectivity index (χ1v) is 9.91. The third kappa shape index (κ3) is 7.74. The van der Waals surface area contributed by atoms with Crippen LogP contribution in [0.5, 0.6) is 0 Å². The van der Waals surface area contributed by atoms with Gasteiger partial charge in [-0.1, -0.05) is 26.0 Å². The van der Waals surface area contributed by atoms with Crippen LogP contribution in [0.15, 0.2) is 29.2 Å². The van der Waals surface area contributed by atoms with Gasteiger partial charge in [0.05, 0.1) is 5.75 Å². The van der Waals surface area contributed by atoms with Gasteiger partial charge in [0.25, 0.3) is 0 Å². The average molecular weight is 331 g/mol. The minimum atomic E-state index is -3.22. The van der Waals surface area contributed by atoms with E-state index in [1.54, 1.807) is 0 Å². The molecule has 6 heteroatoms. The third-order valence-electron chi connectivity index (χ3n) is 3.09. The molecule has 1 aromatic carbocycles. The fourth-order valence-electron chi connectivity index (χ4n) is 1.88. The van der Waals surface area contributed by atoms with E-state index in [0.29, 0.717) is 17.4 Å². The number of rotatable bonds is 9. The summed E-state index contributed by atoms with van der Waals surface area (Å²) >= 11 is 1.48. The van der Waals surface area contributed by atoms with E-state index in [9.17, 15) is 8.42 Å². The topological polar surface area (TPSA) is 72.2 Å². The van der Waals surface area contributed by atoms with Crippen molar-refractivity contribution in [2.24, 2.45) is 5.92 Å². The van der Waals surface area contributed by atoms with Crippen LogP contribution in [0.2, 0.25) is 0 Å². The molecular weight excluding hydrogens is 304 g/mol. The van der Waals surface area contributed by atoms with Crippen LogP contribution in [0.25, 0.3) is 0 Å². The number of thioether (sulfide) groups is 1. The molecule has 0 fully saturated rings. The lowest BCUT2D eigenvalue weighted by Gasteiger charge is -2.15. The molecular formula is C15H26N2O2S2. The van der Waals surface area contributed by atoms with Crippen molar-refractivity contribution in [2.45, 2.75) is 44.6 Å². The number of benzene rings is 1. The Balaban J connectivity index is 2.38. The summed E-state index contributed by atoms with van der Waals surface area (Å²) in [6, 6.07) is 7.49. The Kier molecular flexibility index (Phi) is 7.56. The van der Waals surface area contributed by atoms with Gasteiger partial charge in [-0.15, -0.1) is 11.8 Å². The second-order valence-electron chi connectivity index (χ2n) is 5.70. The second-order valence-corrected chi connectivity index (χ2v) is 8.71. The lowest BCUT2D eigenvalue weighted by molar-refractivity contribution is 0.486. The number of sulfonamides is 1. The predicted octanol–water partition coefficient (Wildman–Crippen LogP) is 3.11. The highest BCUT2D eigenvalue weighted by molar-refractivity contribution is 8.00. The lowest BCUT2D eigenvalue weighted by atomic mass is 10.1. The molecule has 0 bridgehead atoms. The van der Waals surface area contributed by atoms with E-state index in [1.165, 1.54) is 11.8 Å². The summed E-state index contributed by atoms with van der Waals surface area (Å²) in [4.78, 5) is 0.931. The first-order valence-electron chi connectivity index (χ1n) is 7.27. The zero-order valence-corrected chi connectivity index (χ0v) is 14.6. The molecule has 0 aliphatic heterocycles. The van der Waals surface area contributed by atoms with Crippen LogP contribution in [-0.4, -0.2) is 26.0 Å². The summed E-state index contributed by atoms with van der Waals surface area (Å²) in [5.74, 6) is 1.20. The Morgan fingerprint density at radius 1 is 1.19 bits per heavy atom. The van der Waals surface area contributed by atoms with Gasteiger partial charge in [0.1, 0.15) is 0 Å². The van der Waals surface area contributed by atoms with Crippen LogP contribution in [0.3, 0.4) is 0 Å². The summed E-state index contributed by atoms with van der Waals surface area (Å²) in [6.45, 7) is 6.20. The minimum absolute atomic E-state index is 0.0100. The molecule has 1 atom stereocenters. The van der Waals surface area contributed by atoms with Crippen LogP contribution in [0.4, 0.5) is 5.69 Å². The van der Waals surface area contributed by atoms with Gasteiger partial charge in [-0.2, -0.15) is 0 Å². The summed E-state index contributed by atoms with van der Waals surface area (Å²) in [5, 5.41) is 0. The van der Waals surface area contributed by atoms with Crippen molar-refractivity contribution >= 4 is 27.5 Å². The summed E-state index contributed by atoms with van der Waals surface area (Å²) in [6.07, 6.45) is 1.90. The average Bonchev–Trinajstić information content (AvgIpc) is 2.38. The summed E-state index contributed by atoms with van der Waals surface area (Å²) < 4.78 is 26.8. The van der Waals surface area contributed by atoms with Crippen molar-refractivity contribution < 1.29 is 8.42 Å². The monoisotopic (exact) mass is 330 g/mol. The van der Waals surface area contributed by atoms with E-state index < -0.39 is 10.0 Å². The Morgan fingerprint density at radius 3 is 2.48 bits per heavy atom. The fourth-order valence-corrected chi connectivity index (χ4v) is 4.57. The van der Waals surface area contributed by atoms with Crippen LogP contribution in [-0.2, 0) is 10.0 Å². The Morgan fingerprint density at radius 2 is 1.86 bits per heavy atom. The van der Waals surface area contributed by atoms with Crippen molar-refractivity contribution in [3.63, 3.8) is 0 Å². The number of nitrogens with two attached hydrogens (primary N) is 1. The van der Waals surface area contributed by atoms with Gasteiger partial charge in [-0.3, -0.25) is 0 Å². The maximum absolute atomic E-state index is 12.0. The molecule has 1 unspecified atom stereocenters. The normalized spacial score (nSPS) is 13.5. The zero-order chi connectivity index (χ0) is 15.9. The smallest absolute Gasteiger partial charge is 0.212 e. The van der Waals surface area contributed by atoms with Crippen molar-refractivity contribution in [3.8, 4) is 0 Å². The molecule has 0 aliphatic rings. The molecule has 0 saturated heterocycles. The summed E-state index contributed by atoms with van der Waals surface area (Å²) in [5.41, 5.74) is 6.53. The van der Waals surface area contributed by atoms with Gasteiger partial charge < -0.3 is 5.73 Å².